The number of carboxylic acid groups (broad SMARTS) is 1. The van der Waals surface area contributed by atoms with Crippen molar-refractivity contribution in [3.63, 3.8) is 0 Å². The molecule has 0 aromatic heterocycles. The van der Waals surface area contributed by atoms with E-state index in [0.29, 0.717) is 16.3 Å². The average Bonchev–Trinajstić information content (AvgIpc) is 2.36. The lowest BCUT2D eigenvalue weighted by molar-refractivity contribution is -0.141. The molecule has 104 valence electrons. The van der Waals surface area contributed by atoms with Crippen LogP contribution in [0.5, 0.6) is 5.75 Å². The minimum absolute atomic E-state index is 0.0933. The number of ether oxygens (including phenoxy) is 1. The zero-order chi connectivity index (χ0) is 14.4. The molecule has 1 amide bonds. The molecule has 0 fully saturated rings. The van der Waals surface area contributed by atoms with Crippen LogP contribution in [0.15, 0.2) is 18.2 Å². The van der Waals surface area contributed by atoms with Crippen LogP contribution in [0, 0.1) is 5.92 Å². The van der Waals surface area contributed by atoms with E-state index in [0.717, 1.165) is 0 Å². The number of hydrogen-bond acceptors (Lipinski definition) is 3. The number of carbonyl (C=O) groups excluding carboxylic acids is 1. The van der Waals surface area contributed by atoms with Crippen LogP contribution in [-0.2, 0) is 16.0 Å². The summed E-state index contributed by atoms with van der Waals surface area (Å²) in [7, 11) is 1.51. The van der Waals surface area contributed by atoms with Crippen molar-refractivity contribution in [3.05, 3.63) is 28.8 Å². The Morgan fingerprint density at radius 1 is 1.47 bits per heavy atom. The SMILES string of the molecule is COc1ccc(Cl)cc1CC(=O)NCC(C)C(=O)O. The van der Waals surface area contributed by atoms with Gasteiger partial charge in [-0.15, -0.1) is 0 Å². The van der Waals surface area contributed by atoms with E-state index >= 15 is 0 Å². The second kappa shape index (κ2) is 6.99. The van der Waals surface area contributed by atoms with Gasteiger partial charge in [-0.05, 0) is 18.2 Å². The lowest BCUT2D eigenvalue weighted by Gasteiger charge is -2.11. The number of rotatable bonds is 6. The molecule has 6 heteroatoms. The topological polar surface area (TPSA) is 75.6 Å². The second-order valence-corrected chi connectivity index (χ2v) is 4.61. The van der Waals surface area contributed by atoms with Gasteiger partial charge in [0.25, 0.3) is 0 Å². The molecule has 0 saturated carbocycles. The van der Waals surface area contributed by atoms with Crippen LogP contribution in [-0.4, -0.2) is 30.6 Å². The first kappa shape index (κ1) is 15.3. The smallest absolute Gasteiger partial charge is 0.308 e. The van der Waals surface area contributed by atoms with Crippen LogP contribution in [0.3, 0.4) is 0 Å². The van der Waals surface area contributed by atoms with E-state index < -0.39 is 11.9 Å². The Hall–Kier alpha value is -1.75. The summed E-state index contributed by atoms with van der Waals surface area (Å²) in [6.07, 6.45) is 0.0933. The quantitative estimate of drug-likeness (QED) is 0.834. The predicted octanol–water partition coefficient (Wildman–Crippen LogP) is 1.73. The zero-order valence-electron chi connectivity index (χ0n) is 10.8. The van der Waals surface area contributed by atoms with E-state index in [2.05, 4.69) is 5.32 Å². The first-order valence-electron chi connectivity index (χ1n) is 5.76. The second-order valence-electron chi connectivity index (χ2n) is 4.18. The first-order valence-corrected chi connectivity index (χ1v) is 6.13. The van der Waals surface area contributed by atoms with Gasteiger partial charge in [0.1, 0.15) is 5.75 Å². The monoisotopic (exact) mass is 285 g/mol. The van der Waals surface area contributed by atoms with Crippen LogP contribution in [0.25, 0.3) is 0 Å². The summed E-state index contributed by atoms with van der Waals surface area (Å²) in [6.45, 7) is 1.62. The summed E-state index contributed by atoms with van der Waals surface area (Å²) in [5, 5.41) is 11.8. The van der Waals surface area contributed by atoms with Crippen molar-refractivity contribution >= 4 is 23.5 Å². The normalized spacial score (nSPS) is 11.7. The fraction of sp³-hybridized carbons (Fsp3) is 0.385. The summed E-state index contributed by atoms with van der Waals surface area (Å²) >= 11 is 5.86. The van der Waals surface area contributed by atoms with Gasteiger partial charge >= 0.3 is 5.97 Å². The van der Waals surface area contributed by atoms with Gasteiger partial charge in [0.2, 0.25) is 5.91 Å². The highest BCUT2D eigenvalue weighted by atomic mass is 35.5. The number of benzene rings is 1. The Kier molecular flexibility index (Phi) is 5.63. The Morgan fingerprint density at radius 2 is 2.16 bits per heavy atom. The van der Waals surface area contributed by atoms with Crippen LogP contribution in [0.4, 0.5) is 0 Å². The fourth-order valence-electron chi connectivity index (χ4n) is 1.48. The van der Waals surface area contributed by atoms with Crippen molar-refractivity contribution in [2.45, 2.75) is 13.3 Å². The van der Waals surface area contributed by atoms with Gasteiger partial charge in [-0.3, -0.25) is 9.59 Å². The van der Waals surface area contributed by atoms with Crippen molar-refractivity contribution in [2.24, 2.45) is 5.92 Å². The summed E-state index contributed by atoms with van der Waals surface area (Å²) in [5.74, 6) is -1.26. The Labute approximate surface area is 116 Å². The van der Waals surface area contributed by atoms with Gasteiger partial charge in [0, 0.05) is 17.1 Å². The third kappa shape index (κ3) is 4.79. The van der Waals surface area contributed by atoms with E-state index in [1.54, 1.807) is 18.2 Å². The van der Waals surface area contributed by atoms with E-state index in [1.807, 2.05) is 0 Å². The van der Waals surface area contributed by atoms with Crippen LogP contribution >= 0.6 is 11.6 Å². The van der Waals surface area contributed by atoms with Crippen molar-refractivity contribution in [2.75, 3.05) is 13.7 Å². The Balaban J connectivity index is 2.62. The highest BCUT2D eigenvalue weighted by Crippen LogP contribution is 2.22. The maximum atomic E-state index is 11.7. The van der Waals surface area contributed by atoms with Gasteiger partial charge < -0.3 is 15.2 Å². The van der Waals surface area contributed by atoms with Crippen molar-refractivity contribution in [1.29, 1.82) is 0 Å². The standard InChI is InChI=1S/C13H16ClNO4/c1-8(13(17)18)7-15-12(16)6-9-5-10(14)3-4-11(9)19-2/h3-5,8H,6-7H2,1-2H3,(H,15,16)(H,17,18). The van der Waals surface area contributed by atoms with Crippen molar-refractivity contribution < 1.29 is 19.4 Å². The van der Waals surface area contributed by atoms with Gasteiger partial charge in [0.15, 0.2) is 0 Å². The number of methoxy groups -OCH3 is 1. The third-order valence-electron chi connectivity index (χ3n) is 2.62. The molecule has 5 nitrogen and oxygen atoms in total. The third-order valence-corrected chi connectivity index (χ3v) is 2.86. The number of carbonyl (C=O) groups is 2. The van der Waals surface area contributed by atoms with Crippen molar-refractivity contribution in [1.82, 2.24) is 5.32 Å². The molecule has 1 aromatic carbocycles. The summed E-state index contributed by atoms with van der Waals surface area (Å²) in [5.41, 5.74) is 0.662. The van der Waals surface area contributed by atoms with E-state index in [-0.39, 0.29) is 18.9 Å². The van der Waals surface area contributed by atoms with Crippen LogP contribution in [0.1, 0.15) is 12.5 Å². The first-order chi connectivity index (χ1) is 8.93. The molecule has 0 spiro atoms. The lowest BCUT2D eigenvalue weighted by Crippen LogP contribution is -2.32. The number of aliphatic carboxylic acids is 1. The number of amides is 1. The maximum Gasteiger partial charge on any atom is 0.308 e. The van der Waals surface area contributed by atoms with Gasteiger partial charge in [0.05, 0.1) is 19.4 Å². The number of hydrogen-bond donors (Lipinski definition) is 2. The van der Waals surface area contributed by atoms with E-state index in [4.69, 9.17) is 21.4 Å². The molecule has 1 rings (SSSR count). The summed E-state index contributed by atoms with van der Waals surface area (Å²) < 4.78 is 5.13. The molecule has 0 bridgehead atoms. The lowest BCUT2D eigenvalue weighted by atomic mass is 10.1. The summed E-state index contributed by atoms with van der Waals surface area (Å²) in [6, 6.07) is 5.01. The molecule has 19 heavy (non-hydrogen) atoms. The average molecular weight is 286 g/mol. The largest absolute Gasteiger partial charge is 0.496 e. The fourth-order valence-corrected chi connectivity index (χ4v) is 1.67. The number of nitrogens with one attached hydrogen (secondary N) is 1. The molecular formula is C13H16ClNO4. The molecule has 0 heterocycles. The molecule has 0 aliphatic rings. The van der Waals surface area contributed by atoms with Crippen molar-refractivity contribution in [3.8, 4) is 5.75 Å². The zero-order valence-corrected chi connectivity index (χ0v) is 11.5. The molecule has 2 N–H and O–H groups in total. The molecule has 0 aliphatic heterocycles. The minimum Gasteiger partial charge on any atom is -0.496 e. The Morgan fingerprint density at radius 3 is 2.74 bits per heavy atom. The molecule has 0 saturated heterocycles. The highest BCUT2D eigenvalue weighted by molar-refractivity contribution is 6.30. The molecule has 1 unspecified atom stereocenters. The Bertz CT molecular complexity index is 476. The minimum atomic E-state index is -0.944. The maximum absolute atomic E-state index is 11.7. The highest BCUT2D eigenvalue weighted by Gasteiger charge is 2.14. The van der Waals surface area contributed by atoms with Crippen LogP contribution in [0.2, 0.25) is 5.02 Å². The predicted molar refractivity (Wildman–Crippen MR) is 71.5 cm³/mol. The van der Waals surface area contributed by atoms with E-state index in [9.17, 15) is 9.59 Å². The number of halogens is 1. The number of carboxylic acids is 1. The van der Waals surface area contributed by atoms with E-state index in [1.165, 1.54) is 14.0 Å². The summed E-state index contributed by atoms with van der Waals surface area (Å²) in [4.78, 5) is 22.3. The van der Waals surface area contributed by atoms with Gasteiger partial charge in [-0.2, -0.15) is 0 Å². The van der Waals surface area contributed by atoms with Crippen LogP contribution < -0.4 is 10.1 Å². The molecule has 1 aromatic rings. The molecule has 0 radical (unpaired) electrons. The molecule has 0 aliphatic carbocycles. The molecule has 1 atom stereocenters. The van der Waals surface area contributed by atoms with Gasteiger partial charge in [-0.1, -0.05) is 18.5 Å². The van der Waals surface area contributed by atoms with Gasteiger partial charge in [-0.25, -0.2) is 0 Å². The molecular weight excluding hydrogens is 270 g/mol.